The van der Waals surface area contributed by atoms with Crippen LogP contribution < -0.4 is 5.73 Å². The molecular weight excluding hydrogens is 308 g/mol. The standard InChI is InChI=1S/C13H19BrN4O/c1-8-5-10(6-9(2)11(8)14)12(15)16-18-17-13(3,4)7-19/h5-6,19H,7H2,1-4H3,(H2,15,16,17). The van der Waals surface area contributed by atoms with Gasteiger partial charge in [0.05, 0.1) is 6.61 Å². The number of benzene rings is 1. The van der Waals surface area contributed by atoms with Gasteiger partial charge in [0.15, 0.2) is 5.84 Å². The van der Waals surface area contributed by atoms with Crippen molar-refractivity contribution in [2.75, 3.05) is 6.61 Å². The van der Waals surface area contributed by atoms with Crippen molar-refractivity contribution >= 4 is 21.8 Å². The molecule has 1 aromatic rings. The number of rotatable bonds is 4. The molecule has 0 aliphatic heterocycles. The molecule has 0 heterocycles. The number of hydrogen-bond acceptors (Lipinski definition) is 3. The summed E-state index contributed by atoms with van der Waals surface area (Å²) in [4.78, 5) is 0. The molecule has 1 rings (SSSR count). The van der Waals surface area contributed by atoms with E-state index in [1.54, 1.807) is 13.8 Å². The molecule has 0 saturated carbocycles. The molecule has 0 aromatic heterocycles. The predicted octanol–water partition coefficient (Wildman–Crippen LogP) is 2.91. The van der Waals surface area contributed by atoms with Crippen LogP contribution in [0.15, 0.2) is 32.0 Å². The van der Waals surface area contributed by atoms with Crippen LogP contribution in [-0.2, 0) is 0 Å². The zero-order chi connectivity index (χ0) is 14.6. The van der Waals surface area contributed by atoms with Crippen LogP contribution in [0.4, 0.5) is 0 Å². The topological polar surface area (TPSA) is 83.3 Å². The zero-order valence-corrected chi connectivity index (χ0v) is 13.2. The fourth-order valence-corrected chi connectivity index (χ4v) is 1.60. The summed E-state index contributed by atoms with van der Waals surface area (Å²) in [7, 11) is 0. The van der Waals surface area contributed by atoms with Gasteiger partial charge in [0.2, 0.25) is 0 Å². The van der Waals surface area contributed by atoms with Gasteiger partial charge in [0, 0.05) is 10.0 Å². The van der Waals surface area contributed by atoms with Gasteiger partial charge in [-0.25, -0.2) is 0 Å². The van der Waals surface area contributed by atoms with E-state index >= 15 is 0 Å². The van der Waals surface area contributed by atoms with Crippen LogP contribution in [0.3, 0.4) is 0 Å². The van der Waals surface area contributed by atoms with E-state index in [2.05, 4.69) is 31.4 Å². The van der Waals surface area contributed by atoms with E-state index in [0.717, 1.165) is 21.2 Å². The van der Waals surface area contributed by atoms with E-state index in [1.165, 1.54) is 0 Å². The normalized spacial score (nSPS) is 13.3. The monoisotopic (exact) mass is 326 g/mol. The van der Waals surface area contributed by atoms with Crippen molar-refractivity contribution in [2.45, 2.75) is 33.2 Å². The average molecular weight is 327 g/mol. The number of aryl methyl sites for hydroxylation is 2. The van der Waals surface area contributed by atoms with Crippen LogP contribution in [-0.4, -0.2) is 23.1 Å². The maximum absolute atomic E-state index is 9.04. The molecule has 0 aliphatic rings. The molecular formula is C13H19BrN4O. The summed E-state index contributed by atoms with van der Waals surface area (Å²) in [6.45, 7) is 7.41. The first-order valence-corrected chi connectivity index (χ1v) is 6.69. The molecule has 0 aliphatic carbocycles. The summed E-state index contributed by atoms with van der Waals surface area (Å²) in [6, 6.07) is 3.87. The molecule has 0 radical (unpaired) electrons. The van der Waals surface area contributed by atoms with Crippen LogP contribution in [0.5, 0.6) is 0 Å². The van der Waals surface area contributed by atoms with Gasteiger partial charge in [0.1, 0.15) is 5.54 Å². The molecule has 0 spiro atoms. The molecule has 0 amide bonds. The van der Waals surface area contributed by atoms with Gasteiger partial charge >= 0.3 is 0 Å². The van der Waals surface area contributed by atoms with Gasteiger partial charge in [0.25, 0.3) is 0 Å². The van der Waals surface area contributed by atoms with Crippen molar-refractivity contribution in [1.29, 1.82) is 0 Å². The molecule has 0 atom stereocenters. The highest BCUT2D eigenvalue weighted by molar-refractivity contribution is 9.10. The number of hydrogen-bond donors (Lipinski definition) is 2. The number of aliphatic hydroxyl groups is 1. The smallest absolute Gasteiger partial charge is 0.155 e. The van der Waals surface area contributed by atoms with Crippen molar-refractivity contribution in [2.24, 2.45) is 21.2 Å². The molecule has 0 fully saturated rings. The van der Waals surface area contributed by atoms with Crippen LogP contribution in [0, 0.1) is 13.8 Å². The lowest BCUT2D eigenvalue weighted by Crippen LogP contribution is -2.21. The number of amidine groups is 1. The van der Waals surface area contributed by atoms with Crippen molar-refractivity contribution in [1.82, 2.24) is 0 Å². The van der Waals surface area contributed by atoms with Gasteiger partial charge in [-0.05, 0) is 56.2 Å². The number of halogens is 1. The zero-order valence-electron chi connectivity index (χ0n) is 11.6. The number of nitrogens with two attached hydrogens (primary N) is 1. The lowest BCUT2D eigenvalue weighted by Gasteiger charge is -2.12. The van der Waals surface area contributed by atoms with Crippen LogP contribution in [0.1, 0.15) is 30.5 Å². The van der Waals surface area contributed by atoms with Gasteiger partial charge in [-0.1, -0.05) is 15.9 Å². The van der Waals surface area contributed by atoms with E-state index in [4.69, 9.17) is 10.8 Å². The first kappa shape index (κ1) is 15.8. The molecule has 0 bridgehead atoms. The Kier molecular flexibility index (Phi) is 5.20. The van der Waals surface area contributed by atoms with E-state index in [9.17, 15) is 0 Å². The second kappa shape index (κ2) is 6.25. The second-order valence-corrected chi connectivity index (χ2v) is 5.86. The first-order chi connectivity index (χ1) is 8.76. The lowest BCUT2D eigenvalue weighted by atomic mass is 10.1. The van der Waals surface area contributed by atoms with E-state index in [-0.39, 0.29) is 6.61 Å². The Labute approximate surface area is 121 Å². The molecule has 0 unspecified atom stereocenters. The Bertz CT molecular complexity index is 500. The largest absolute Gasteiger partial charge is 0.394 e. The maximum Gasteiger partial charge on any atom is 0.155 e. The van der Waals surface area contributed by atoms with Gasteiger partial charge < -0.3 is 10.8 Å². The highest BCUT2D eigenvalue weighted by atomic mass is 79.9. The van der Waals surface area contributed by atoms with Gasteiger partial charge in [-0.3, -0.25) is 0 Å². The Balaban J connectivity index is 2.98. The van der Waals surface area contributed by atoms with Crippen LogP contribution in [0.25, 0.3) is 0 Å². The maximum atomic E-state index is 9.04. The van der Waals surface area contributed by atoms with Gasteiger partial charge in [-0.15, -0.1) is 5.10 Å². The first-order valence-electron chi connectivity index (χ1n) is 5.90. The summed E-state index contributed by atoms with van der Waals surface area (Å²) < 4.78 is 1.06. The number of nitrogens with zero attached hydrogens (tertiary/aromatic N) is 3. The number of aliphatic hydroxyl groups excluding tert-OH is 1. The third kappa shape index (κ3) is 4.40. The highest BCUT2D eigenvalue weighted by Gasteiger charge is 2.14. The summed E-state index contributed by atoms with van der Waals surface area (Å²) in [5, 5.41) is 20.5. The van der Waals surface area contributed by atoms with E-state index in [0.29, 0.717) is 5.84 Å². The average Bonchev–Trinajstić information content (AvgIpc) is 2.35. The van der Waals surface area contributed by atoms with Crippen molar-refractivity contribution in [3.63, 3.8) is 0 Å². The summed E-state index contributed by atoms with van der Waals surface area (Å²) in [6.07, 6.45) is 0. The quantitative estimate of drug-likeness (QED) is 0.386. The third-order valence-electron chi connectivity index (χ3n) is 2.59. The molecule has 1 aromatic carbocycles. The molecule has 6 heteroatoms. The SMILES string of the molecule is Cc1cc(/C(N)=N/N=NC(C)(C)CO)cc(C)c1Br. The van der Waals surface area contributed by atoms with E-state index in [1.807, 2.05) is 26.0 Å². The Morgan fingerprint density at radius 3 is 2.32 bits per heavy atom. The summed E-state index contributed by atoms with van der Waals surface area (Å²) >= 11 is 3.50. The molecule has 104 valence electrons. The molecule has 0 saturated heterocycles. The van der Waals surface area contributed by atoms with Crippen molar-refractivity contribution in [3.05, 3.63) is 33.3 Å². The molecule has 3 N–H and O–H groups in total. The highest BCUT2D eigenvalue weighted by Crippen LogP contribution is 2.22. The minimum Gasteiger partial charge on any atom is -0.394 e. The Morgan fingerprint density at radius 2 is 1.84 bits per heavy atom. The van der Waals surface area contributed by atoms with Crippen LogP contribution in [0.2, 0.25) is 0 Å². The minimum atomic E-state index is -0.644. The fraction of sp³-hybridized carbons (Fsp3) is 0.462. The second-order valence-electron chi connectivity index (χ2n) is 5.07. The lowest BCUT2D eigenvalue weighted by molar-refractivity contribution is 0.216. The summed E-state index contributed by atoms with van der Waals surface area (Å²) in [5.41, 5.74) is 8.20. The third-order valence-corrected chi connectivity index (χ3v) is 3.84. The Morgan fingerprint density at radius 1 is 1.32 bits per heavy atom. The summed E-state index contributed by atoms with van der Waals surface area (Å²) in [5.74, 6) is 0.302. The fourth-order valence-electron chi connectivity index (χ4n) is 1.37. The molecule has 5 nitrogen and oxygen atoms in total. The van der Waals surface area contributed by atoms with Gasteiger partial charge in [-0.2, -0.15) is 5.11 Å². The Hall–Kier alpha value is -1.27. The minimum absolute atomic E-state index is 0.0948. The van der Waals surface area contributed by atoms with E-state index < -0.39 is 5.54 Å². The van der Waals surface area contributed by atoms with Crippen molar-refractivity contribution < 1.29 is 5.11 Å². The molecule has 19 heavy (non-hydrogen) atoms. The van der Waals surface area contributed by atoms with Crippen LogP contribution >= 0.6 is 15.9 Å². The predicted molar refractivity (Wildman–Crippen MR) is 80.4 cm³/mol. The van der Waals surface area contributed by atoms with Crippen molar-refractivity contribution in [3.8, 4) is 0 Å².